The number of amides is 2. The molecule has 0 unspecified atom stereocenters. The number of aliphatic hydroxyl groups excluding tert-OH is 1. The Morgan fingerprint density at radius 2 is 1.36 bits per heavy atom. The summed E-state index contributed by atoms with van der Waals surface area (Å²) >= 11 is 0. The summed E-state index contributed by atoms with van der Waals surface area (Å²) in [5, 5.41) is 15.8. The van der Waals surface area contributed by atoms with Crippen LogP contribution in [0.3, 0.4) is 0 Å². The van der Waals surface area contributed by atoms with Gasteiger partial charge in [-0.2, -0.15) is 0 Å². The lowest BCUT2D eigenvalue weighted by Crippen LogP contribution is -2.46. The Kier molecular flexibility index (Phi) is 11.9. The van der Waals surface area contributed by atoms with Gasteiger partial charge >= 0.3 is 5.97 Å². The van der Waals surface area contributed by atoms with Crippen LogP contribution in [0.2, 0.25) is 0 Å². The second-order valence-electron chi connectivity index (χ2n) is 10.9. The van der Waals surface area contributed by atoms with Gasteiger partial charge in [-0.25, -0.2) is 0 Å². The van der Waals surface area contributed by atoms with Crippen LogP contribution in [0.4, 0.5) is 0 Å². The number of rotatable bonds is 10. The largest absolute Gasteiger partial charge is 0.463 e. The van der Waals surface area contributed by atoms with Gasteiger partial charge in [-0.1, -0.05) is 103 Å². The van der Waals surface area contributed by atoms with E-state index in [2.05, 4.69) is 10.6 Å². The standard InChI is InChI=1S/C35H40N2O5/c38-24-31(21-27-14-6-2-7-15-27)36-33(39)23-29-18-10-11-19-30(20-26-12-4-1-5-13-26)35(41)42-25-32(37-34(29)40)22-28-16-8-3-9-17-28/h1-17,29-32,38H,18-25H2,(H,36,39)(H,37,40)/t29-,30-,31-,32+/m1/s1. The summed E-state index contributed by atoms with van der Waals surface area (Å²) in [6.45, 7) is -0.165. The van der Waals surface area contributed by atoms with Gasteiger partial charge in [-0.05, 0) is 48.8 Å². The normalized spacial score (nSPS) is 20.4. The molecule has 0 radical (unpaired) electrons. The lowest BCUT2D eigenvalue weighted by Gasteiger charge is -2.25. The number of carbonyl (C=O) groups excluding carboxylic acids is 3. The predicted octanol–water partition coefficient (Wildman–Crippen LogP) is 4.19. The number of hydrogen-bond acceptors (Lipinski definition) is 5. The fraction of sp³-hybridized carbons (Fsp3) is 0.343. The van der Waals surface area contributed by atoms with Gasteiger partial charge in [0.2, 0.25) is 11.8 Å². The molecular weight excluding hydrogens is 528 g/mol. The zero-order chi connectivity index (χ0) is 29.6. The Morgan fingerprint density at radius 1 is 0.810 bits per heavy atom. The molecule has 4 atom stereocenters. The maximum absolute atomic E-state index is 13.5. The third-order valence-corrected chi connectivity index (χ3v) is 7.48. The third-order valence-electron chi connectivity index (χ3n) is 7.48. The molecule has 3 N–H and O–H groups in total. The molecule has 0 aliphatic carbocycles. The quantitative estimate of drug-likeness (QED) is 0.251. The van der Waals surface area contributed by atoms with Crippen molar-refractivity contribution >= 4 is 17.8 Å². The summed E-state index contributed by atoms with van der Waals surface area (Å²) in [6.07, 6.45) is 6.12. The van der Waals surface area contributed by atoms with Crippen molar-refractivity contribution in [1.29, 1.82) is 0 Å². The number of benzene rings is 3. The molecule has 3 aromatic carbocycles. The summed E-state index contributed by atoms with van der Waals surface area (Å²) in [4.78, 5) is 39.7. The molecule has 220 valence electrons. The molecule has 7 nitrogen and oxygen atoms in total. The minimum Gasteiger partial charge on any atom is -0.463 e. The molecule has 1 aliphatic rings. The summed E-state index contributed by atoms with van der Waals surface area (Å²) in [7, 11) is 0. The number of esters is 1. The summed E-state index contributed by atoms with van der Waals surface area (Å²) < 4.78 is 5.78. The molecule has 0 aromatic heterocycles. The average molecular weight is 569 g/mol. The predicted molar refractivity (Wildman–Crippen MR) is 162 cm³/mol. The van der Waals surface area contributed by atoms with Crippen LogP contribution < -0.4 is 10.6 Å². The lowest BCUT2D eigenvalue weighted by molar-refractivity contribution is -0.150. The van der Waals surface area contributed by atoms with Crippen molar-refractivity contribution in [1.82, 2.24) is 10.6 Å². The van der Waals surface area contributed by atoms with Gasteiger partial charge in [0, 0.05) is 6.42 Å². The fourth-order valence-electron chi connectivity index (χ4n) is 5.21. The van der Waals surface area contributed by atoms with Crippen LogP contribution in [0.15, 0.2) is 103 Å². The van der Waals surface area contributed by atoms with E-state index in [1.54, 1.807) is 0 Å². The molecule has 3 aromatic rings. The van der Waals surface area contributed by atoms with E-state index < -0.39 is 18.0 Å². The van der Waals surface area contributed by atoms with Gasteiger partial charge in [-0.15, -0.1) is 0 Å². The van der Waals surface area contributed by atoms with Crippen molar-refractivity contribution in [3.8, 4) is 0 Å². The maximum Gasteiger partial charge on any atom is 0.309 e. The monoisotopic (exact) mass is 568 g/mol. The first kappa shape index (κ1) is 30.7. The molecule has 2 amide bonds. The van der Waals surface area contributed by atoms with E-state index in [-0.39, 0.29) is 43.3 Å². The molecule has 7 heteroatoms. The topological polar surface area (TPSA) is 105 Å². The molecule has 0 spiro atoms. The van der Waals surface area contributed by atoms with Crippen LogP contribution in [-0.2, 0) is 38.4 Å². The first-order valence-corrected chi connectivity index (χ1v) is 14.6. The smallest absolute Gasteiger partial charge is 0.309 e. The molecule has 4 rings (SSSR count). The van der Waals surface area contributed by atoms with E-state index in [9.17, 15) is 19.5 Å². The second kappa shape index (κ2) is 16.3. The van der Waals surface area contributed by atoms with Crippen LogP contribution in [0.1, 0.15) is 36.0 Å². The van der Waals surface area contributed by atoms with Gasteiger partial charge in [-0.3, -0.25) is 14.4 Å². The minimum atomic E-state index is -0.613. The Balaban J connectivity index is 1.48. The molecule has 0 fully saturated rings. The molecule has 1 aliphatic heterocycles. The molecule has 42 heavy (non-hydrogen) atoms. The van der Waals surface area contributed by atoms with Gasteiger partial charge in [0.1, 0.15) is 6.61 Å². The molecule has 0 saturated carbocycles. The van der Waals surface area contributed by atoms with Crippen molar-refractivity contribution in [2.45, 2.75) is 50.6 Å². The highest BCUT2D eigenvalue weighted by Gasteiger charge is 2.27. The number of allylic oxidation sites excluding steroid dienone is 2. The lowest BCUT2D eigenvalue weighted by atomic mass is 9.94. The van der Waals surface area contributed by atoms with Crippen LogP contribution in [0.25, 0.3) is 0 Å². The zero-order valence-corrected chi connectivity index (χ0v) is 23.9. The summed E-state index contributed by atoms with van der Waals surface area (Å²) in [6, 6.07) is 28.3. The van der Waals surface area contributed by atoms with Crippen molar-refractivity contribution in [3.05, 3.63) is 120 Å². The highest BCUT2D eigenvalue weighted by Crippen LogP contribution is 2.19. The first-order valence-electron chi connectivity index (χ1n) is 14.6. The van der Waals surface area contributed by atoms with Gasteiger partial charge in [0.25, 0.3) is 0 Å². The Bertz CT molecular complexity index is 1300. The number of aliphatic hydroxyl groups is 1. The second-order valence-corrected chi connectivity index (χ2v) is 10.9. The number of cyclic esters (lactones) is 1. The maximum atomic E-state index is 13.5. The third kappa shape index (κ3) is 10.00. The fourth-order valence-corrected chi connectivity index (χ4v) is 5.21. The van der Waals surface area contributed by atoms with Crippen molar-refractivity contribution in [3.63, 3.8) is 0 Å². The number of nitrogens with one attached hydrogen (secondary N) is 2. The van der Waals surface area contributed by atoms with E-state index in [0.29, 0.717) is 32.1 Å². The number of ether oxygens (including phenoxy) is 1. The molecule has 0 saturated heterocycles. The van der Waals surface area contributed by atoms with Crippen molar-refractivity contribution in [2.75, 3.05) is 13.2 Å². The number of hydrogen-bond donors (Lipinski definition) is 3. The number of carbonyl (C=O) groups is 3. The van der Waals surface area contributed by atoms with Crippen LogP contribution >= 0.6 is 0 Å². The van der Waals surface area contributed by atoms with Crippen LogP contribution in [-0.4, -0.2) is 48.2 Å². The Morgan fingerprint density at radius 3 is 1.95 bits per heavy atom. The average Bonchev–Trinajstić information content (AvgIpc) is 3.01. The zero-order valence-electron chi connectivity index (χ0n) is 23.9. The van der Waals surface area contributed by atoms with Crippen molar-refractivity contribution in [2.24, 2.45) is 11.8 Å². The van der Waals surface area contributed by atoms with Gasteiger partial charge < -0.3 is 20.5 Å². The van der Waals surface area contributed by atoms with E-state index >= 15 is 0 Å². The van der Waals surface area contributed by atoms with E-state index in [1.807, 2.05) is 103 Å². The Hall–Kier alpha value is -4.23. The van der Waals surface area contributed by atoms with E-state index in [4.69, 9.17) is 4.74 Å². The molecule has 0 bridgehead atoms. The van der Waals surface area contributed by atoms with Crippen LogP contribution in [0, 0.1) is 11.8 Å². The van der Waals surface area contributed by atoms with Gasteiger partial charge in [0.05, 0.1) is 30.5 Å². The van der Waals surface area contributed by atoms with E-state index in [1.165, 1.54) is 0 Å². The van der Waals surface area contributed by atoms with Gasteiger partial charge in [0.15, 0.2) is 0 Å². The molecular formula is C35H40N2O5. The summed E-state index contributed by atoms with van der Waals surface area (Å²) in [5.41, 5.74) is 3.07. The summed E-state index contributed by atoms with van der Waals surface area (Å²) in [5.74, 6) is -1.82. The SMILES string of the molecule is O=C(C[C@H]1CC=CC[C@H](Cc2ccccc2)C(=O)OC[C@H](Cc2ccccc2)NC1=O)N[C@@H](CO)Cc1ccccc1. The Labute approximate surface area is 248 Å². The van der Waals surface area contributed by atoms with E-state index in [0.717, 1.165) is 16.7 Å². The molecule has 1 heterocycles. The minimum absolute atomic E-state index is 0.0211. The first-order chi connectivity index (χ1) is 20.5. The van der Waals surface area contributed by atoms with Crippen LogP contribution in [0.5, 0.6) is 0 Å². The highest BCUT2D eigenvalue weighted by molar-refractivity contribution is 5.86. The highest BCUT2D eigenvalue weighted by atomic mass is 16.5. The van der Waals surface area contributed by atoms with Crippen molar-refractivity contribution < 1.29 is 24.2 Å².